The summed E-state index contributed by atoms with van der Waals surface area (Å²) in [4.78, 5) is 11.5. The van der Waals surface area contributed by atoms with Gasteiger partial charge in [0.1, 0.15) is 0 Å². The Labute approximate surface area is 106 Å². The summed E-state index contributed by atoms with van der Waals surface area (Å²) in [5.41, 5.74) is 0. The average molecular weight is 244 g/mol. The van der Waals surface area contributed by atoms with E-state index >= 15 is 0 Å². The predicted molar refractivity (Wildman–Crippen MR) is 69.8 cm³/mol. The van der Waals surface area contributed by atoms with Crippen molar-refractivity contribution in [2.45, 2.75) is 71.8 Å². The maximum absolute atomic E-state index is 11.5. The zero-order valence-electron chi connectivity index (χ0n) is 11.6. The summed E-state index contributed by atoms with van der Waals surface area (Å²) in [6, 6.07) is 0. The predicted octanol–water partition coefficient (Wildman–Crippen LogP) is 3.30. The molecule has 0 fully saturated rings. The van der Waals surface area contributed by atoms with Crippen molar-refractivity contribution in [3.63, 3.8) is 0 Å². The fraction of sp³-hybridized carbons (Fsp3) is 0.929. The molecule has 0 bridgehead atoms. The number of aliphatic hydroxyl groups excluding tert-OH is 1. The van der Waals surface area contributed by atoms with Gasteiger partial charge in [0, 0.05) is 0 Å². The van der Waals surface area contributed by atoms with Gasteiger partial charge in [0.25, 0.3) is 0 Å². The van der Waals surface area contributed by atoms with Crippen LogP contribution in [0.5, 0.6) is 0 Å². The second-order valence-electron chi connectivity index (χ2n) is 4.91. The van der Waals surface area contributed by atoms with Gasteiger partial charge in [-0.05, 0) is 26.2 Å². The zero-order chi connectivity index (χ0) is 13.1. The van der Waals surface area contributed by atoms with Crippen LogP contribution in [0.3, 0.4) is 0 Å². The molecule has 0 aromatic carbocycles. The molecule has 0 aromatic heterocycles. The van der Waals surface area contributed by atoms with Crippen LogP contribution in [-0.4, -0.2) is 23.8 Å². The Hall–Kier alpha value is -0.570. The van der Waals surface area contributed by atoms with Crippen LogP contribution >= 0.6 is 0 Å². The van der Waals surface area contributed by atoms with E-state index in [0.29, 0.717) is 19.4 Å². The van der Waals surface area contributed by atoms with E-state index in [9.17, 15) is 4.79 Å². The van der Waals surface area contributed by atoms with Gasteiger partial charge in [0.05, 0.1) is 18.6 Å². The second kappa shape index (κ2) is 10.6. The molecule has 2 atom stereocenters. The first-order chi connectivity index (χ1) is 8.07. The fourth-order valence-electron chi connectivity index (χ4n) is 1.63. The molecular formula is C14H28O3. The molecule has 0 spiro atoms. The largest absolute Gasteiger partial charge is 0.465 e. The van der Waals surface area contributed by atoms with Crippen molar-refractivity contribution in [1.82, 2.24) is 0 Å². The van der Waals surface area contributed by atoms with E-state index in [1.807, 2.05) is 6.92 Å². The van der Waals surface area contributed by atoms with Crippen molar-refractivity contribution in [3.8, 4) is 0 Å². The normalized spacial score (nSPS) is 14.4. The van der Waals surface area contributed by atoms with Crippen LogP contribution in [0.25, 0.3) is 0 Å². The van der Waals surface area contributed by atoms with Crippen LogP contribution in [0.1, 0.15) is 65.7 Å². The minimum atomic E-state index is -0.334. The molecule has 3 nitrogen and oxygen atoms in total. The molecule has 17 heavy (non-hydrogen) atoms. The van der Waals surface area contributed by atoms with E-state index in [0.717, 1.165) is 12.8 Å². The van der Waals surface area contributed by atoms with Gasteiger partial charge < -0.3 is 9.84 Å². The van der Waals surface area contributed by atoms with E-state index in [4.69, 9.17) is 9.84 Å². The number of hydrogen-bond donors (Lipinski definition) is 1. The molecule has 1 N–H and O–H groups in total. The molecule has 102 valence electrons. The highest BCUT2D eigenvalue weighted by Gasteiger charge is 2.14. The van der Waals surface area contributed by atoms with Crippen molar-refractivity contribution < 1.29 is 14.6 Å². The Kier molecular flexibility index (Phi) is 10.2. The van der Waals surface area contributed by atoms with Crippen LogP contribution in [0.15, 0.2) is 0 Å². The molecule has 0 heterocycles. The third-order valence-corrected chi connectivity index (χ3v) is 2.91. The number of rotatable bonds is 10. The highest BCUT2D eigenvalue weighted by Crippen LogP contribution is 2.10. The van der Waals surface area contributed by atoms with Gasteiger partial charge in [0.2, 0.25) is 0 Å². The van der Waals surface area contributed by atoms with E-state index in [1.54, 1.807) is 6.92 Å². The summed E-state index contributed by atoms with van der Waals surface area (Å²) < 4.78 is 5.20. The van der Waals surface area contributed by atoms with Gasteiger partial charge >= 0.3 is 5.97 Å². The summed E-state index contributed by atoms with van der Waals surface area (Å²) in [6.45, 7) is 6.33. The SMILES string of the molecule is CCCCCCCOC(=O)C(C)CCC(C)O. The van der Waals surface area contributed by atoms with Crippen LogP contribution in [-0.2, 0) is 9.53 Å². The second-order valence-corrected chi connectivity index (χ2v) is 4.91. The number of hydrogen-bond acceptors (Lipinski definition) is 3. The first-order valence-electron chi connectivity index (χ1n) is 6.92. The molecule has 0 rings (SSSR count). The molecule has 0 saturated carbocycles. The molecule has 0 aromatic rings. The Bertz CT molecular complexity index is 190. The smallest absolute Gasteiger partial charge is 0.308 e. The van der Waals surface area contributed by atoms with Crippen molar-refractivity contribution in [2.75, 3.05) is 6.61 Å². The van der Waals surface area contributed by atoms with Crippen molar-refractivity contribution >= 4 is 5.97 Å². The minimum absolute atomic E-state index is 0.0970. The topological polar surface area (TPSA) is 46.5 Å². The third-order valence-electron chi connectivity index (χ3n) is 2.91. The van der Waals surface area contributed by atoms with Crippen molar-refractivity contribution in [2.24, 2.45) is 5.92 Å². The molecule has 0 saturated heterocycles. The molecular weight excluding hydrogens is 216 g/mol. The molecule has 0 aliphatic rings. The molecule has 0 radical (unpaired) electrons. The molecule has 0 aliphatic heterocycles. The lowest BCUT2D eigenvalue weighted by Gasteiger charge is -2.12. The number of carbonyl (C=O) groups is 1. The van der Waals surface area contributed by atoms with Gasteiger partial charge in [-0.15, -0.1) is 0 Å². The molecule has 3 heteroatoms. The third kappa shape index (κ3) is 10.3. The number of unbranched alkanes of at least 4 members (excludes halogenated alkanes) is 4. The zero-order valence-corrected chi connectivity index (χ0v) is 11.6. The standard InChI is InChI=1S/C14H28O3/c1-4-5-6-7-8-11-17-14(16)12(2)9-10-13(3)15/h12-13,15H,4-11H2,1-3H3. The van der Waals surface area contributed by atoms with Gasteiger partial charge in [-0.2, -0.15) is 0 Å². The van der Waals surface area contributed by atoms with Crippen molar-refractivity contribution in [3.05, 3.63) is 0 Å². The molecule has 0 aliphatic carbocycles. The maximum atomic E-state index is 11.5. The Balaban J connectivity index is 3.44. The van der Waals surface area contributed by atoms with Gasteiger partial charge in [-0.1, -0.05) is 39.5 Å². The summed E-state index contributed by atoms with van der Waals surface area (Å²) in [5, 5.41) is 9.13. The quantitative estimate of drug-likeness (QED) is 0.474. The Morgan fingerprint density at radius 1 is 1.12 bits per heavy atom. The first-order valence-corrected chi connectivity index (χ1v) is 6.92. The Morgan fingerprint density at radius 2 is 1.76 bits per heavy atom. The number of carbonyl (C=O) groups excluding carboxylic acids is 1. The fourth-order valence-corrected chi connectivity index (χ4v) is 1.63. The van der Waals surface area contributed by atoms with Crippen molar-refractivity contribution in [1.29, 1.82) is 0 Å². The van der Waals surface area contributed by atoms with Crippen LogP contribution in [0, 0.1) is 5.92 Å². The Morgan fingerprint density at radius 3 is 2.35 bits per heavy atom. The summed E-state index contributed by atoms with van der Waals surface area (Å²) >= 11 is 0. The van der Waals surface area contributed by atoms with Gasteiger partial charge in [-0.3, -0.25) is 4.79 Å². The lowest BCUT2D eigenvalue weighted by molar-refractivity contribution is -0.148. The monoisotopic (exact) mass is 244 g/mol. The van der Waals surface area contributed by atoms with E-state index in [2.05, 4.69) is 6.92 Å². The maximum Gasteiger partial charge on any atom is 0.308 e. The summed E-state index contributed by atoms with van der Waals surface area (Å²) in [6.07, 6.45) is 6.86. The lowest BCUT2D eigenvalue weighted by atomic mass is 10.0. The highest BCUT2D eigenvalue weighted by atomic mass is 16.5. The molecule has 2 unspecified atom stereocenters. The number of esters is 1. The van der Waals surface area contributed by atoms with E-state index in [1.165, 1.54) is 19.3 Å². The van der Waals surface area contributed by atoms with Crippen LogP contribution in [0.2, 0.25) is 0 Å². The van der Waals surface area contributed by atoms with Crippen LogP contribution in [0.4, 0.5) is 0 Å². The van der Waals surface area contributed by atoms with Crippen LogP contribution < -0.4 is 0 Å². The van der Waals surface area contributed by atoms with Gasteiger partial charge in [0.15, 0.2) is 0 Å². The molecule has 0 amide bonds. The number of ether oxygens (including phenoxy) is 1. The van der Waals surface area contributed by atoms with E-state index in [-0.39, 0.29) is 18.0 Å². The lowest BCUT2D eigenvalue weighted by Crippen LogP contribution is -2.17. The average Bonchev–Trinajstić information content (AvgIpc) is 2.30. The first kappa shape index (κ1) is 16.4. The number of aliphatic hydroxyl groups is 1. The summed E-state index contributed by atoms with van der Waals surface area (Å²) in [5.74, 6) is -0.221. The van der Waals surface area contributed by atoms with Gasteiger partial charge in [-0.25, -0.2) is 0 Å². The minimum Gasteiger partial charge on any atom is -0.465 e. The van der Waals surface area contributed by atoms with E-state index < -0.39 is 0 Å². The highest BCUT2D eigenvalue weighted by molar-refractivity contribution is 5.71. The summed E-state index contributed by atoms with van der Waals surface area (Å²) in [7, 11) is 0.